The lowest BCUT2D eigenvalue weighted by Crippen LogP contribution is -2.51. The lowest BCUT2D eigenvalue weighted by atomic mass is 9.49. The molecule has 3 heteroatoms. The van der Waals surface area contributed by atoms with Crippen LogP contribution in [0.2, 0.25) is 0 Å². The van der Waals surface area contributed by atoms with Crippen LogP contribution in [0.15, 0.2) is 12.2 Å². The van der Waals surface area contributed by atoms with E-state index in [1.54, 1.807) is 0 Å². The molecule has 3 nitrogen and oxygen atoms in total. The predicted molar refractivity (Wildman–Crippen MR) is 98.4 cm³/mol. The van der Waals surface area contributed by atoms with Gasteiger partial charge in [-0.25, -0.2) is 0 Å². The van der Waals surface area contributed by atoms with Crippen molar-refractivity contribution >= 4 is 0 Å². The molecule has 0 aromatic heterocycles. The Kier molecular flexibility index (Phi) is 5.17. The summed E-state index contributed by atoms with van der Waals surface area (Å²) in [7, 11) is 0. The molecule has 0 aromatic carbocycles. The third-order valence-corrected chi connectivity index (χ3v) is 8.46. The van der Waals surface area contributed by atoms with Crippen molar-refractivity contribution in [3.05, 3.63) is 12.2 Å². The number of nitrogens with two attached hydrogens (primary N) is 1. The fraction of sp³-hybridized carbons (Fsp3) is 0.905. The molecule has 0 heterocycles. The van der Waals surface area contributed by atoms with Crippen molar-refractivity contribution in [2.45, 2.75) is 71.3 Å². The summed E-state index contributed by atoms with van der Waals surface area (Å²) < 4.78 is 0. The van der Waals surface area contributed by atoms with E-state index in [9.17, 15) is 10.2 Å². The Morgan fingerprint density at radius 3 is 2.58 bits per heavy atom. The van der Waals surface area contributed by atoms with E-state index in [1.165, 1.54) is 31.3 Å². The Balaban J connectivity index is 1.90. The fourth-order valence-corrected chi connectivity index (χ4v) is 6.78. The predicted octanol–water partition coefficient (Wildman–Crippen LogP) is 3.49. The van der Waals surface area contributed by atoms with Crippen LogP contribution >= 0.6 is 0 Å². The summed E-state index contributed by atoms with van der Waals surface area (Å²) in [4.78, 5) is 0. The molecule has 0 aliphatic heterocycles. The normalized spacial score (nSPS) is 49.2. The molecule has 138 valence electrons. The maximum Gasteiger partial charge on any atom is 0.0544 e. The Bertz CT molecular complexity index is 478. The highest BCUT2D eigenvalue weighted by molar-refractivity contribution is 5.20. The van der Waals surface area contributed by atoms with Gasteiger partial charge >= 0.3 is 0 Å². The first-order valence-electron chi connectivity index (χ1n) is 10.0. The zero-order chi connectivity index (χ0) is 17.5. The van der Waals surface area contributed by atoms with E-state index in [1.807, 2.05) is 0 Å². The summed E-state index contributed by atoms with van der Waals surface area (Å²) in [5.41, 5.74) is 7.93. The topological polar surface area (TPSA) is 66.5 Å². The number of hydrogen-bond donors (Lipinski definition) is 3. The van der Waals surface area contributed by atoms with Gasteiger partial charge in [0.05, 0.1) is 6.10 Å². The maximum absolute atomic E-state index is 10.1. The van der Waals surface area contributed by atoms with Crippen LogP contribution in [0, 0.1) is 34.5 Å². The number of allylic oxidation sites excluding steroid dienone is 1. The average molecular weight is 336 g/mol. The molecule has 24 heavy (non-hydrogen) atoms. The smallest absolute Gasteiger partial charge is 0.0544 e. The van der Waals surface area contributed by atoms with Crippen molar-refractivity contribution in [1.82, 2.24) is 0 Å². The van der Waals surface area contributed by atoms with E-state index < -0.39 is 0 Å². The molecule has 0 amide bonds. The molecule has 0 bridgehead atoms. The SMILES string of the molecule is C=C1CC[C@H]2[C@@H](CCN)[C@@H]([C@@]3(C)CC[C@H](O)C[C@@H]3CO)CC[C@]12C. The van der Waals surface area contributed by atoms with Crippen molar-refractivity contribution in [1.29, 1.82) is 0 Å². The van der Waals surface area contributed by atoms with Gasteiger partial charge in [-0.05, 0) is 92.4 Å². The van der Waals surface area contributed by atoms with Crippen LogP contribution < -0.4 is 5.73 Å². The minimum Gasteiger partial charge on any atom is -0.396 e. The first-order valence-corrected chi connectivity index (χ1v) is 10.0. The van der Waals surface area contributed by atoms with Gasteiger partial charge in [0.1, 0.15) is 0 Å². The second-order valence-electron chi connectivity index (χ2n) is 9.37. The van der Waals surface area contributed by atoms with Gasteiger partial charge in [-0.3, -0.25) is 0 Å². The summed E-state index contributed by atoms with van der Waals surface area (Å²) in [6, 6.07) is 0. The van der Waals surface area contributed by atoms with E-state index in [-0.39, 0.29) is 24.0 Å². The Hall–Kier alpha value is -0.380. The third-order valence-electron chi connectivity index (χ3n) is 8.46. The van der Waals surface area contributed by atoms with E-state index >= 15 is 0 Å². The van der Waals surface area contributed by atoms with Gasteiger partial charge < -0.3 is 15.9 Å². The summed E-state index contributed by atoms with van der Waals surface area (Å²) in [5, 5.41) is 20.1. The quantitative estimate of drug-likeness (QED) is 0.689. The van der Waals surface area contributed by atoms with Crippen molar-refractivity contribution in [2.24, 2.45) is 40.2 Å². The molecule has 0 saturated heterocycles. The highest BCUT2D eigenvalue weighted by Gasteiger charge is 2.56. The number of aliphatic hydroxyl groups is 2. The molecule has 3 aliphatic carbocycles. The average Bonchev–Trinajstić information content (AvgIpc) is 2.86. The molecule has 3 rings (SSSR count). The van der Waals surface area contributed by atoms with E-state index in [0.717, 1.165) is 32.2 Å². The summed E-state index contributed by atoms with van der Waals surface area (Å²) in [5.74, 6) is 2.19. The lowest BCUT2D eigenvalue weighted by Gasteiger charge is -2.56. The van der Waals surface area contributed by atoms with E-state index in [4.69, 9.17) is 5.73 Å². The Labute approximate surface area is 147 Å². The molecule has 3 saturated carbocycles. The molecule has 3 fully saturated rings. The molecule has 7 atom stereocenters. The molecule has 0 radical (unpaired) electrons. The van der Waals surface area contributed by atoms with Crippen LogP contribution in [-0.4, -0.2) is 29.5 Å². The standard InChI is InChI=1S/C21H37NO2/c1-14-4-5-18-17(8-11-22)19(7-10-20(14,18)2)21(3)9-6-16(24)12-15(21)13-23/h15-19,23-24H,1,4-13,22H2,2-3H3/t15-,16+,17-,18+,19+,20-,21+/m1/s1. The van der Waals surface area contributed by atoms with Crippen molar-refractivity contribution < 1.29 is 10.2 Å². The van der Waals surface area contributed by atoms with Crippen LogP contribution in [0.5, 0.6) is 0 Å². The van der Waals surface area contributed by atoms with Gasteiger partial charge in [0, 0.05) is 6.61 Å². The van der Waals surface area contributed by atoms with Gasteiger partial charge in [-0.15, -0.1) is 0 Å². The van der Waals surface area contributed by atoms with Crippen LogP contribution in [0.1, 0.15) is 65.2 Å². The van der Waals surface area contributed by atoms with Crippen LogP contribution in [-0.2, 0) is 0 Å². The first kappa shape index (κ1) is 18.4. The lowest BCUT2D eigenvalue weighted by molar-refractivity contribution is -0.0951. The monoisotopic (exact) mass is 335 g/mol. The second-order valence-corrected chi connectivity index (χ2v) is 9.37. The minimum absolute atomic E-state index is 0.138. The molecular formula is C21H37NO2. The molecule has 0 spiro atoms. The van der Waals surface area contributed by atoms with Crippen LogP contribution in [0.4, 0.5) is 0 Å². The Morgan fingerprint density at radius 1 is 1.17 bits per heavy atom. The van der Waals surface area contributed by atoms with Crippen LogP contribution in [0.25, 0.3) is 0 Å². The van der Waals surface area contributed by atoms with E-state index in [2.05, 4.69) is 20.4 Å². The summed E-state index contributed by atoms with van der Waals surface area (Å²) >= 11 is 0. The molecule has 0 unspecified atom stereocenters. The highest BCUT2D eigenvalue weighted by atomic mass is 16.3. The van der Waals surface area contributed by atoms with Crippen molar-refractivity contribution in [3.8, 4) is 0 Å². The summed E-state index contributed by atoms with van der Waals surface area (Å²) in [6.45, 7) is 10.2. The fourth-order valence-electron chi connectivity index (χ4n) is 6.78. The van der Waals surface area contributed by atoms with Gasteiger partial charge in [0.15, 0.2) is 0 Å². The van der Waals surface area contributed by atoms with Gasteiger partial charge in [0.2, 0.25) is 0 Å². The highest BCUT2D eigenvalue weighted by Crippen LogP contribution is 2.64. The van der Waals surface area contributed by atoms with Gasteiger partial charge in [-0.1, -0.05) is 26.0 Å². The van der Waals surface area contributed by atoms with E-state index in [0.29, 0.717) is 23.2 Å². The van der Waals surface area contributed by atoms with Gasteiger partial charge in [0.25, 0.3) is 0 Å². The Morgan fingerprint density at radius 2 is 1.92 bits per heavy atom. The van der Waals surface area contributed by atoms with Crippen molar-refractivity contribution in [2.75, 3.05) is 13.2 Å². The zero-order valence-corrected chi connectivity index (χ0v) is 15.6. The number of hydrogen-bond acceptors (Lipinski definition) is 3. The molecule has 3 aliphatic rings. The zero-order valence-electron chi connectivity index (χ0n) is 15.6. The number of aliphatic hydroxyl groups excluding tert-OH is 2. The largest absolute Gasteiger partial charge is 0.396 e. The maximum atomic E-state index is 10.1. The van der Waals surface area contributed by atoms with Crippen molar-refractivity contribution in [3.63, 3.8) is 0 Å². The summed E-state index contributed by atoms with van der Waals surface area (Å²) in [6.07, 6.45) is 8.43. The minimum atomic E-state index is -0.233. The first-order chi connectivity index (χ1) is 11.4. The second kappa shape index (κ2) is 6.74. The van der Waals surface area contributed by atoms with Gasteiger partial charge in [-0.2, -0.15) is 0 Å². The third kappa shape index (κ3) is 2.77. The molecule has 0 aromatic rings. The molecular weight excluding hydrogens is 298 g/mol. The van der Waals surface area contributed by atoms with Crippen LogP contribution in [0.3, 0.4) is 0 Å². The number of fused-ring (bicyclic) bond motifs is 1. The number of rotatable bonds is 4. The molecule has 4 N–H and O–H groups in total.